The van der Waals surface area contributed by atoms with Crippen LogP contribution in [0.25, 0.3) is 6.08 Å². The first-order valence-corrected chi connectivity index (χ1v) is 5.88. The lowest BCUT2D eigenvalue weighted by atomic mass is 10.1. The summed E-state index contributed by atoms with van der Waals surface area (Å²) < 4.78 is 17.9. The van der Waals surface area contributed by atoms with Gasteiger partial charge in [-0.1, -0.05) is 12.1 Å². The highest BCUT2D eigenvalue weighted by Gasteiger charge is 2.12. The number of aliphatic carboxylic acids is 1. The van der Waals surface area contributed by atoms with E-state index in [0.29, 0.717) is 5.56 Å². The van der Waals surface area contributed by atoms with E-state index in [1.807, 2.05) is 0 Å². The lowest BCUT2D eigenvalue weighted by Gasteiger charge is -2.06. The molecule has 1 N–H and O–H groups in total. The minimum Gasteiger partial charge on any atom is -0.481 e. The number of hydrogen-bond donors (Lipinski definition) is 1. The molecule has 0 aliphatic heterocycles. The number of rotatable bonds is 6. The Bertz CT molecular complexity index is 494. The van der Waals surface area contributed by atoms with Gasteiger partial charge in [-0.15, -0.1) is 0 Å². The number of esters is 1. The van der Waals surface area contributed by atoms with Crippen molar-refractivity contribution >= 4 is 18.0 Å². The van der Waals surface area contributed by atoms with Crippen molar-refractivity contribution in [1.82, 2.24) is 0 Å². The molecule has 0 saturated heterocycles. The van der Waals surface area contributed by atoms with Gasteiger partial charge in [0, 0.05) is 12.0 Å². The first-order chi connectivity index (χ1) is 9.02. The summed E-state index contributed by atoms with van der Waals surface area (Å²) in [6.45, 7) is 1.86. The molecule has 0 bridgehead atoms. The second-order valence-corrected chi connectivity index (χ2v) is 3.84. The molecule has 0 heterocycles. The number of carboxylic acid groups (broad SMARTS) is 1. The Morgan fingerprint density at radius 3 is 2.68 bits per heavy atom. The smallest absolute Gasteiger partial charge is 0.334 e. The largest absolute Gasteiger partial charge is 0.481 e. The Kier molecular flexibility index (Phi) is 5.73. The molecule has 1 aromatic rings. The van der Waals surface area contributed by atoms with Gasteiger partial charge in [-0.25, -0.2) is 9.18 Å². The van der Waals surface area contributed by atoms with Crippen LogP contribution >= 0.6 is 0 Å². The van der Waals surface area contributed by atoms with Crippen LogP contribution in [0.1, 0.15) is 25.3 Å². The predicted molar refractivity (Wildman–Crippen MR) is 67.9 cm³/mol. The molecule has 0 amide bonds. The molecule has 0 spiro atoms. The average molecular weight is 266 g/mol. The molecule has 0 fully saturated rings. The second kappa shape index (κ2) is 7.31. The summed E-state index contributed by atoms with van der Waals surface area (Å²) in [5, 5.41) is 8.64. The van der Waals surface area contributed by atoms with Gasteiger partial charge in [-0.3, -0.25) is 4.79 Å². The summed E-state index contributed by atoms with van der Waals surface area (Å²) in [5.74, 6) is -2.00. The van der Waals surface area contributed by atoms with Gasteiger partial charge in [-0.2, -0.15) is 0 Å². The summed E-state index contributed by atoms with van der Waals surface area (Å²) in [6, 6.07) is 5.70. The molecular weight excluding hydrogens is 251 g/mol. The molecule has 1 aromatic carbocycles. The minimum absolute atomic E-state index is 0.0463. The number of ether oxygens (including phenoxy) is 1. The lowest BCUT2D eigenvalue weighted by molar-refractivity contribution is -0.138. The van der Waals surface area contributed by atoms with Crippen molar-refractivity contribution < 1.29 is 23.8 Å². The van der Waals surface area contributed by atoms with Gasteiger partial charge in [0.1, 0.15) is 5.82 Å². The van der Waals surface area contributed by atoms with Gasteiger partial charge in [0.2, 0.25) is 0 Å². The number of hydrogen-bond acceptors (Lipinski definition) is 3. The zero-order chi connectivity index (χ0) is 14.3. The number of benzene rings is 1. The summed E-state index contributed by atoms with van der Waals surface area (Å²) >= 11 is 0. The maximum Gasteiger partial charge on any atom is 0.334 e. The van der Waals surface area contributed by atoms with Crippen molar-refractivity contribution in [2.24, 2.45) is 0 Å². The maximum atomic E-state index is 13.0. The van der Waals surface area contributed by atoms with E-state index in [1.54, 1.807) is 13.0 Å². The van der Waals surface area contributed by atoms with Crippen LogP contribution in [0.2, 0.25) is 0 Å². The minimum atomic E-state index is -1.01. The van der Waals surface area contributed by atoms with Crippen LogP contribution in [0, 0.1) is 5.82 Å². The van der Waals surface area contributed by atoms with Crippen molar-refractivity contribution in [2.75, 3.05) is 6.61 Å². The van der Waals surface area contributed by atoms with E-state index in [4.69, 9.17) is 9.84 Å². The molecule has 19 heavy (non-hydrogen) atoms. The van der Waals surface area contributed by atoms with E-state index in [1.165, 1.54) is 24.3 Å². The Labute approximate surface area is 110 Å². The van der Waals surface area contributed by atoms with Crippen molar-refractivity contribution in [1.29, 1.82) is 0 Å². The number of halogens is 1. The van der Waals surface area contributed by atoms with Gasteiger partial charge in [0.05, 0.1) is 6.61 Å². The monoisotopic (exact) mass is 266 g/mol. The highest BCUT2D eigenvalue weighted by molar-refractivity contribution is 5.94. The van der Waals surface area contributed by atoms with Crippen LogP contribution in [0.15, 0.2) is 29.8 Å². The summed E-state index contributed by atoms with van der Waals surface area (Å²) in [4.78, 5) is 22.2. The fraction of sp³-hybridized carbons (Fsp3) is 0.286. The highest BCUT2D eigenvalue weighted by Crippen LogP contribution is 2.14. The summed E-state index contributed by atoms with van der Waals surface area (Å²) in [5.41, 5.74) is 0.711. The molecule has 4 nitrogen and oxygen atoms in total. The molecule has 0 saturated carbocycles. The SMILES string of the molecule is CCOC(=O)C(=Cc1cccc(F)c1)CCC(=O)O. The normalized spacial score (nSPS) is 11.2. The first-order valence-electron chi connectivity index (χ1n) is 5.88. The Hall–Kier alpha value is -2.17. The summed E-state index contributed by atoms with van der Waals surface area (Å²) in [7, 11) is 0. The van der Waals surface area contributed by atoms with Gasteiger partial charge in [0.15, 0.2) is 0 Å². The van der Waals surface area contributed by atoms with Gasteiger partial charge in [0.25, 0.3) is 0 Å². The molecule has 0 aliphatic rings. The topological polar surface area (TPSA) is 63.6 Å². The summed E-state index contributed by atoms with van der Waals surface area (Å²) in [6.07, 6.45) is 1.31. The van der Waals surface area contributed by atoms with Crippen molar-refractivity contribution in [3.63, 3.8) is 0 Å². The molecule has 0 aromatic heterocycles. The van der Waals surface area contributed by atoms with Crippen LogP contribution in [0.5, 0.6) is 0 Å². The third-order valence-corrected chi connectivity index (χ3v) is 2.34. The quantitative estimate of drug-likeness (QED) is 0.635. The van der Waals surface area contributed by atoms with Crippen LogP contribution in [0.3, 0.4) is 0 Å². The van der Waals surface area contributed by atoms with Crippen LogP contribution < -0.4 is 0 Å². The van der Waals surface area contributed by atoms with E-state index < -0.39 is 17.8 Å². The second-order valence-electron chi connectivity index (χ2n) is 3.84. The zero-order valence-electron chi connectivity index (χ0n) is 10.6. The fourth-order valence-corrected chi connectivity index (χ4v) is 1.50. The van der Waals surface area contributed by atoms with Crippen LogP contribution in [-0.4, -0.2) is 23.7 Å². The van der Waals surface area contributed by atoms with Crippen molar-refractivity contribution in [2.45, 2.75) is 19.8 Å². The molecular formula is C14H15FO4. The predicted octanol–water partition coefficient (Wildman–Crippen LogP) is 2.64. The maximum absolute atomic E-state index is 13.0. The number of carbonyl (C=O) groups is 2. The number of carboxylic acids is 1. The fourth-order valence-electron chi connectivity index (χ4n) is 1.50. The van der Waals surface area contributed by atoms with E-state index in [0.717, 1.165) is 0 Å². The number of carbonyl (C=O) groups excluding carboxylic acids is 1. The highest BCUT2D eigenvalue weighted by atomic mass is 19.1. The van der Waals surface area contributed by atoms with E-state index in [9.17, 15) is 14.0 Å². The van der Waals surface area contributed by atoms with Gasteiger partial charge < -0.3 is 9.84 Å². The van der Waals surface area contributed by atoms with Gasteiger partial charge in [-0.05, 0) is 37.1 Å². The molecule has 0 aliphatic carbocycles. The molecule has 0 unspecified atom stereocenters. The Balaban J connectivity index is 2.94. The van der Waals surface area contributed by atoms with Crippen molar-refractivity contribution in [3.05, 3.63) is 41.2 Å². The van der Waals surface area contributed by atoms with E-state index in [-0.39, 0.29) is 25.0 Å². The third-order valence-electron chi connectivity index (χ3n) is 2.34. The van der Waals surface area contributed by atoms with E-state index >= 15 is 0 Å². The molecule has 0 radical (unpaired) electrons. The van der Waals surface area contributed by atoms with Crippen LogP contribution in [-0.2, 0) is 14.3 Å². The first kappa shape index (κ1) is 14.9. The Morgan fingerprint density at radius 2 is 2.11 bits per heavy atom. The molecule has 102 valence electrons. The molecule has 5 heteroatoms. The zero-order valence-corrected chi connectivity index (χ0v) is 10.6. The average Bonchev–Trinajstić information content (AvgIpc) is 2.34. The Morgan fingerprint density at radius 1 is 1.37 bits per heavy atom. The van der Waals surface area contributed by atoms with E-state index in [2.05, 4.69) is 0 Å². The van der Waals surface area contributed by atoms with Crippen molar-refractivity contribution in [3.8, 4) is 0 Å². The van der Waals surface area contributed by atoms with Crippen LogP contribution in [0.4, 0.5) is 4.39 Å². The van der Waals surface area contributed by atoms with Gasteiger partial charge >= 0.3 is 11.9 Å². The third kappa shape index (κ3) is 5.33. The molecule has 0 atom stereocenters. The standard InChI is InChI=1S/C14H15FO4/c1-2-19-14(18)11(6-7-13(16)17)8-10-4-3-5-12(15)9-10/h3-5,8-9H,2,6-7H2,1H3,(H,16,17). The molecule has 1 rings (SSSR count). The lowest BCUT2D eigenvalue weighted by Crippen LogP contribution is -2.09.